The number of hydrogen-bond acceptors (Lipinski definition) is 9. The van der Waals surface area contributed by atoms with Crippen molar-refractivity contribution in [3.63, 3.8) is 0 Å². The maximum Gasteiger partial charge on any atom is 0.303 e. The predicted molar refractivity (Wildman–Crippen MR) is 82.7 cm³/mol. The van der Waals surface area contributed by atoms with Gasteiger partial charge in [0, 0.05) is 26.9 Å². The number of aromatic nitrogens is 2. The van der Waals surface area contributed by atoms with E-state index >= 15 is 0 Å². The van der Waals surface area contributed by atoms with Crippen LogP contribution in [0.1, 0.15) is 13.8 Å². The second kappa shape index (κ2) is 8.63. The summed E-state index contributed by atoms with van der Waals surface area (Å²) < 4.78 is 24.5. The van der Waals surface area contributed by atoms with Crippen LogP contribution >= 0.6 is 11.7 Å². The fourth-order valence-electron chi connectivity index (χ4n) is 2.03. The number of rotatable bonds is 7. The molecule has 0 aromatic carbocycles. The molecule has 23 heavy (non-hydrogen) atoms. The Morgan fingerprint density at radius 1 is 1.35 bits per heavy atom. The molecule has 0 bridgehead atoms. The van der Waals surface area contributed by atoms with Crippen molar-refractivity contribution in [3.05, 3.63) is 0 Å². The third-order valence-corrected chi connectivity index (χ3v) is 3.57. The van der Waals surface area contributed by atoms with Gasteiger partial charge in [-0.15, -0.1) is 4.37 Å². The van der Waals surface area contributed by atoms with Crippen molar-refractivity contribution in [1.29, 1.82) is 0 Å². The number of ether oxygens (including phenoxy) is 3. The Morgan fingerprint density at radius 3 is 2.74 bits per heavy atom. The van der Waals surface area contributed by atoms with Gasteiger partial charge in [-0.3, -0.25) is 9.59 Å². The molecule has 1 amide bonds. The Bertz CT molecular complexity index is 532. The van der Waals surface area contributed by atoms with Crippen LogP contribution in [0.3, 0.4) is 0 Å². The number of amides is 1. The fourth-order valence-corrected chi connectivity index (χ4v) is 2.55. The molecule has 0 saturated carbocycles. The molecule has 10 heteroatoms. The molecule has 1 N–H and O–H groups in total. The van der Waals surface area contributed by atoms with Gasteiger partial charge >= 0.3 is 5.97 Å². The second-order valence-electron chi connectivity index (χ2n) is 4.97. The molecule has 128 valence electrons. The van der Waals surface area contributed by atoms with Gasteiger partial charge in [-0.2, -0.15) is 4.37 Å². The molecule has 1 aliphatic heterocycles. The van der Waals surface area contributed by atoms with E-state index in [9.17, 15) is 9.59 Å². The van der Waals surface area contributed by atoms with Gasteiger partial charge in [-0.05, 0) is 0 Å². The standard InChI is InChI=1S/C13H20N4O5S/c1-9(18)14-7-11(22-10(2)19)8-21-13-12(15-23-16-13)17-3-5-20-6-4-17/h11H,3-8H2,1-2H3,(H,14,18). The van der Waals surface area contributed by atoms with Gasteiger partial charge in [0.05, 0.1) is 31.5 Å². The molecule has 1 fully saturated rings. The summed E-state index contributed by atoms with van der Waals surface area (Å²) in [6.45, 7) is 5.69. The maximum atomic E-state index is 11.1. The Hall–Kier alpha value is -1.94. The van der Waals surface area contributed by atoms with E-state index in [4.69, 9.17) is 14.2 Å². The number of carbonyl (C=O) groups excluding carboxylic acids is 2. The van der Waals surface area contributed by atoms with Crippen LogP contribution in [0.25, 0.3) is 0 Å². The molecule has 1 aromatic rings. The molecular formula is C13H20N4O5S. The first-order chi connectivity index (χ1) is 11.1. The van der Waals surface area contributed by atoms with E-state index in [0.717, 1.165) is 24.8 Å². The minimum absolute atomic E-state index is 0.0859. The predicted octanol–water partition coefficient (Wildman–Crippen LogP) is -0.179. The zero-order chi connectivity index (χ0) is 16.7. The summed E-state index contributed by atoms with van der Waals surface area (Å²) in [5.74, 6) is 0.427. The van der Waals surface area contributed by atoms with Crippen LogP contribution in [0.2, 0.25) is 0 Å². The molecule has 1 aliphatic rings. The molecule has 0 aliphatic carbocycles. The molecule has 1 aromatic heterocycles. The third-order valence-electron chi connectivity index (χ3n) is 3.07. The number of carbonyl (C=O) groups is 2. The molecule has 1 unspecified atom stereocenters. The number of nitrogens with one attached hydrogen (secondary N) is 1. The molecule has 1 atom stereocenters. The lowest BCUT2D eigenvalue weighted by molar-refractivity contribution is -0.148. The summed E-state index contributed by atoms with van der Waals surface area (Å²) in [5.41, 5.74) is 0. The highest BCUT2D eigenvalue weighted by Crippen LogP contribution is 2.26. The van der Waals surface area contributed by atoms with E-state index in [0.29, 0.717) is 24.9 Å². The molecule has 2 heterocycles. The monoisotopic (exact) mass is 344 g/mol. The summed E-state index contributed by atoms with van der Waals surface area (Å²) in [7, 11) is 0. The largest absolute Gasteiger partial charge is 0.470 e. The van der Waals surface area contributed by atoms with E-state index in [2.05, 4.69) is 14.1 Å². The number of anilines is 1. The third kappa shape index (κ3) is 5.64. The molecular weight excluding hydrogens is 324 g/mol. The van der Waals surface area contributed by atoms with Crippen LogP contribution in [0.4, 0.5) is 5.82 Å². The van der Waals surface area contributed by atoms with E-state index in [1.165, 1.54) is 13.8 Å². The quantitative estimate of drug-likeness (QED) is 0.680. The fraction of sp³-hybridized carbons (Fsp3) is 0.692. The lowest BCUT2D eigenvalue weighted by Gasteiger charge is -2.27. The van der Waals surface area contributed by atoms with Crippen molar-refractivity contribution in [3.8, 4) is 5.88 Å². The molecule has 2 rings (SSSR count). The topological polar surface area (TPSA) is 103 Å². The Kier molecular flexibility index (Phi) is 6.53. The van der Waals surface area contributed by atoms with Gasteiger partial charge in [-0.25, -0.2) is 0 Å². The Morgan fingerprint density at radius 2 is 2.09 bits per heavy atom. The zero-order valence-corrected chi connectivity index (χ0v) is 13.9. The van der Waals surface area contributed by atoms with Gasteiger partial charge in [0.1, 0.15) is 6.61 Å². The summed E-state index contributed by atoms with van der Waals surface area (Å²) in [6, 6.07) is 0. The van der Waals surface area contributed by atoms with Crippen molar-refractivity contribution >= 4 is 29.4 Å². The summed E-state index contributed by atoms with van der Waals surface area (Å²) in [6.07, 6.45) is -0.587. The smallest absolute Gasteiger partial charge is 0.303 e. The highest BCUT2D eigenvalue weighted by Gasteiger charge is 2.21. The first-order valence-electron chi connectivity index (χ1n) is 7.26. The SMILES string of the molecule is CC(=O)NCC(COc1nsnc1N1CCOCC1)OC(C)=O. The lowest BCUT2D eigenvalue weighted by Crippen LogP contribution is -2.38. The average molecular weight is 344 g/mol. The average Bonchev–Trinajstić information content (AvgIpc) is 2.99. The van der Waals surface area contributed by atoms with Gasteiger partial charge in [-0.1, -0.05) is 0 Å². The minimum Gasteiger partial charge on any atom is -0.470 e. The van der Waals surface area contributed by atoms with E-state index < -0.39 is 12.1 Å². The lowest BCUT2D eigenvalue weighted by atomic mass is 10.3. The van der Waals surface area contributed by atoms with Crippen LogP contribution in [0, 0.1) is 0 Å². The summed E-state index contributed by atoms with van der Waals surface area (Å²) in [4.78, 5) is 24.2. The van der Waals surface area contributed by atoms with Crippen molar-refractivity contribution < 1.29 is 23.8 Å². The first-order valence-corrected chi connectivity index (χ1v) is 7.99. The number of nitrogens with zero attached hydrogens (tertiary/aromatic N) is 3. The Labute approximate surface area is 138 Å². The summed E-state index contributed by atoms with van der Waals surface area (Å²) in [5, 5.41) is 2.60. The van der Waals surface area contributed by atoms with Crippen LogP contribution in [-0.4, -0.2) is 66.2 Å². The highest BCUT2D eigenvalue weighted by atomic mass is 32.1. The number of esters is 1. The van der Waals surface area contributed by atoms with Gasteiger partial charge in [0.15, 0.2) is 6.10 Å². The van der Waals surface area contributed by atoms with Crippen molar-refractivity contribution in [2.75, 3.05) is 44.4 Å². The maximum absolute atomic E-state index is 11.1. The van der Waals surface area contributed by atoms with E-state index in [-0.39, 0.29) is 19.1 Å². The normalized spacial score (nSPS) is 15.8. The molecule has 0 radical (unpaired) electrons. The zero-order valence-electron chi connectivity index (χ0n) is 13.1. The van der Waals surface area contributed by atoms with Crippen LogP contribution in [0.15, 0.2) is 0 Å². The van der Waals surface area contributed by atoms with Gasteiger partial charge in [0.25, 0.3) is 5.88 Å². The second-order valence-corrected chi connectivity index (χ2v) is 5.50. The minimum atomic E-state index is -0.587. The van der Waals surface area contributed by atoms with Gasteiger partial charge < -0.3 is 24.4 Å². The molecule has 1 saturated heterocycles. The molecule has 0 spiro atoms. The highest BCUT2D eigenvalue weighted by molar-refractivity contribution is 6.99. The van der Waals surface area contributed by atoms with Crippen molar-refractivity contribution in [1.82, 2.24) is 14.1 Å². The van der Waals surface area contributed by atoms with Crippen LogP contribution < -0.4 is 15.0 Å². The number of hydrogen-bond donors (Lipinski definition) is 1. The van der Waals surface area contributed by atoms with E-state index in [1.54, 1.807) is 0 Å². The van der Waals surface area contributed by atoms with E-state index in [1.807, 2.05) is 4.90 Å². The van der Waals surface area contributed by atoms with Crippen LogP contribution in [0.5, 0.6) is 5.88 Å². The number of morpholine rings is 1. The van der Waals surface area contributed by atoms with Crippen molar-refractivity contribution in [2.45, 2.75) is 20.0 Å². The first kappa shape index (κ1) is 17.4. The summed E-state index contributed by atoms with van der Waals surface area (Å²) >= 11 is 1.06. The van der Waals surface area contributed by atoms with Crippen molar-refractivity contribution in [2.24, 2.45) is 0 Å². The Balaban J connectivity index is 1.92. The molecule has 9 nitrogen and oxygen atoms in total. The van der Waals surface area contributed by atoms with Crippen LogP contribution in [-0.2, 0) is 19.1 Å². The van der Waals surface area contributed by atoms with Gasteiger partial charge in [0.2, 0.25) is 11.7 Å².